The van der Waals surface area contributed by atoms with Gasteiger partial charge in [-0.1, -0.05) is 18.7 Å². The first kappa shape index (κ1) is 23.5. The van der Waals surface area contributed by atoms with Crippen molar-refractivity contribution in [2.75, 3.05) is 0 Å². The SMILES string of the molecule is C=C/C=C(\C=C(N)N)c1cc(C(=O)NCc2c(C)cc(C)[nH]c2=O)c2cnn(C(C)C)c2n1. The number of pyridine rings is 2. The van der Waals surface area contributed by atoms with Gasteiger partial charge in [0, 0.05) is 29.4 Å². The van der Waals surface area contributed by atoms with Gasteiger partial charge in [0.05, 0.1) is 28.7 Å². The van der Waals surface area contributed by atoms with Gasteiger partial charge in [-0.15, -0.1) is 0 Å². The molecule has 0 aliphatic rings. The highest BCUT2D eigenvalue weighted by Crippen LogP contribution is 2.25. The van der Waals surface area contributed by atoms with Crippen molar-refractivity contribution < 1.29 is 4.79 Å². The summed E-state index contributed by atoms with van der Waals surface area (Å²) in [5, 5.41) is 7.87. The van der Waals surface area contributed by atoms with E-state index in [1.54, 1.807) is 35.2 Å². The molecule has 3 aromatic rings. The van der Waals surface area contributed by atoms with Crippen LogP contribution in [0.2, 0.25) is 0 Å². The summed E-state index contributed by atoms with van der Waals surface area (Å²) < 4.78 is 1.74. The van der Waals surface area contributed by atoms with Gasteiger partial charge in [-0.25, -0.2) is 9.67 Å². The molecule has 172 valence electrons. The van der Waals surface area contributed by atoms with E-state index in [2.05, 4.69) is 22.0 Å². The van der Waals surface area contributed by atoms with Crippen LogP contribution in [0.3, 0.4) is 0 Å². The normalized spacial score (nSPS) is 11.6. The first-order valence-electron chi connectivity index (χ1n) is 10.5. The predicted octanol–water partition coefficient (Wildman–Crippen LogP) is 2.58. The van der Waals surface area contributed by atoms with Gasteiger partial charge in [0.25, 0.3) is 11.5 Å². The van der Waals surface area contributed by atoms with Gasteiger partial charge in [0.2, 0.25) is 0 Å². The summed E-state index contributed by atoms with van der Waals surface area (Å²) in [5.41, 5.74) is 15.3. The van der Waals surface area contributed by atoms with Crippen LogP contribution in [0.25, 0.3) is 16.6 Å². The average Bonchev–Trinajstić information content (AvgIpc) is 3.15. The fourth-order valence-electron chi connectivity index (χ4n) is 3.61. The van der Waals surface area contributed by atoms with E-state index in [1.807, 2.05) is 33.8 Å². The van der Waals surface area contributed by atoms with Crippen molar-refractivity contribution in [3.8, 4) is 0 Å². The lowest BCUT2D eigenvalue weighted by atomic mass is 10.1. The van der Waals surface area contributed by atoms with Crippen molar-refractivity contribution in [2.45, 2.75) is 40.3 Å². The Hall–Kier alpha value is -4.14. The highest BCUT2D eigenvalue weighted by molar-refractivity contribution is 6.06. The number of aromatic nitrogens is 4. The van der Waals surface area contributed by atoms with Gasteiger partial charge in [-0.2, -0.15) is 5.10 Å². The quantitative estimate of drug-likeness (QED) is 0.410. The van der Waals surface area contributed by atoms with E-state index in [9.17, 15) is 9.59 Å². The van der Waals surface area contributed by atoms with Crippen molar-refractivity contribution in [3.63, 3.8) is 0 Å². The van der Waals surface area contributed by atoms with Crippen LogP contribution in [0.15, 0.2) is 53.8 Å². The molecule has 0 fully saturated rings. The maximum absolute atomic E-state index is 13.3. The molecule has 9 nitrogen and oxygen atoms in total. The van der Waals surface area contributed by atoms with Crippen LogP contribution in [-0.2, 0) is 6.54 Å². The molecule has 3 heterocycles. The van der Waals surface area contributed by atoms with Crippen LogP contribution >= 0.6 is 0 Å². The number of aromatic amines is 1. The number of aryl methyl sites for hydroxylation is 2. The maximum Gasteiger partial charge on any atom is 0.253 e. The molecule has 0 saturated heterocycles. The van der Waals surface area contributed by atoms with E-state index in [0.717, 1.165) is 11.3 Å². The second-order valence-electron chi connectivity index (χ2n) is 8.10. The van der Waals surface area contributed by atoms with E-state index < -0.39 is 0 Å². The molecule has 33 heavy (non-hydrogen) atoms. The molecule has 0 aliphatic carbocycles. The van der Waals surface area contributed by atoms with Crippen LogP contribution in [0.4, 0.5) is 0 Å². The number of carbonyl (C=O) groups is 1. The van der Waals surface area contributed by atoms with E-state index in [0.29, 0.717) is 33.4 Å². The summed E-state index contributed by atoms with van der Waals surface area (Å²) in [7, 11) is 0. The molecule has 0 bridgehead atoms. The van der Waals surface area contributed by atoms with E-state index in [-0.39, 0.29) is 29.9 Å². The minimum atomic E-state index is -0.353. The number of amides is 1. The van der Waals surface area contributed by atoms with Crippen molar-refractivity contribution >= 4 is 22.5 Å². The molecule has 9 heteroatoms. The molecular weight excluding hydrogens is 418 g/mol. The summed E-state index contributed by atoms with van der Waals surface area (Å²) in [5.74, 6) is -0.253. The summed E-state index contributed by atoms with van der Waals surface area (Å²) in [6.07, 6.45) is 6.48. The van der Waals surface area contributed by atoms with Gasteiger partial charge in [0.1, 0.15) is 0 Å². The summed E-state index contributed by atoms with van der Waals surface area (Å²) in [6, 6.07) is 3.55. The second-order valence-corrected chi connectivity index (χ2v) is 8.10. The molecule has 0 unspecified atom stereocenters. The Morgan fingerprint density at radius 3 is 2.64 bits per heavy atom. The van der Waals surface area contributed by atoms with E-state index in [4.69, 9.17) is 16.5 Å². The number of nitrogens with two attached hydrogens (primary N) is 2. The number of fused-ring (bicyclic) bond motifs is 1. The van der Waals surface area contributed by atoms with Gasteiger partial charge in [-0.3, -0.25) is 9.59 Å². The number of H-pyrrole nitrogens is 1. The van der Waals surface area contributed by atoms with Crippen molar-refractivity contribution in [1.29, 1.82) is 0 Å². The fraction of sp³-hybridized carbons (Fsp3) is 0.250. The van der Waals surface area contributed by atoms with Crippen LogP contribution in [-0.4, -0.2) is 25.7 Å². The molecule has 0 radical (unpaired) electrons. The number of hydrogen-bond donors (Lipinski definition) is 4. The Bertz CT molecular complexity index is 1340. The average molecular weight is 448 g/mol. The lowest BCUT2D eigenvalue weighted by Crippen LogP contribution is -2.28. The van der Waals surface area contributed by atoms with Gasteiger partial charge in [-0.05, 0) is 51.5 Å². The smallest absolute Gasteiger partial charge is 0.253 e. The second kappa shape index (κ2) is 9.56. The van der Waals surface area contributed by atoms with Crippen molar-refractivity contribution in [3.05, 3.63) is 87.4 Å². The standard InChI is InChI=1S/C24H29N7O2/c1-6-7-16(9-21(25)26)20-10-17(19-12-28-31(13(2)3)22(19)30-20)23(32)27-11-18-14(4)8-15(5)29-24(18)33/h6-10,12-13H,1,11,25-26H2,2-5H3,(H,27,32)(H,29,33)/b16-7+. The minimum absolute atomic E-state index is 0.0249. The van der Waals surface area contributed by atoms with Crippen molar-refractivity contribution in [1.82, 2.24) is 25.1 Å². The predicted molar refractivity (Wildman–Crippen MR) is 130 cm³/mol. The lowest BCUT2D eigenvalue weighted by Gasteiger charge is -2.12. The molecule has 0 atom stereocenters. The van der Waals surface area contributed by atoms with Gasteiger partial charge in [0.15, 0.2) is 5.65 Å². The number of nitrogens with zero attached hydrogens (tertiary/aromatic N) is 3. The van der Waals surface area contributed by atoms with Crippen LogP contribution in [0.5, 0.6) is 0 Å². The molecule has 3 rings (SSSR count). The minimum Gasteiger partial charge on any atom is -0.386 e. The first-order valence-corrected chi connectivity index (χ1v) is 10.5. The zero-order chi connectivity index (χ0) is 24.3. The Morgan fingerprint density at radius 2 is 2.03 bits per heavy atom. The highest BCUT2D eigenvalue weighted by atomic mass is 16.1. The fourth-order valence-corrected chi connectivity index (χ4v) is 3.61. The molecule has 0 saturated carbocycles. The molecule has 1 amide bonds. The third kappa shape index (κ3) is 5.03. The van der Waals surface area contributed by atoms with Gasteiger partial charge >= 0.3 is 0 Å². The monoisotopic (exact) mass is 447 g/mol. The highest BCUT2D eigenvalue weighted by Gasteiger charge is 2.19. The number of nitrogens with one attached hydrogen (secondary N) is 2. The van der Waals surface area contributed by atoms with Crippen LogP contribution in [0.1, 0.15) is 52.8 Å². The number of rotatable bonds is 7. The molecule has 0 aliphatic heterocycles. The van der Waals surface area contributed by atoms with E-state index in [1.165, 1.54) is 0 Å². The topological polar surface area (TPSA) is 145 Å². The zero-order valence-corrected chi connectivity index (χ0v) is 19.3. The maximum atomic E-state index is 13.3. The Kier molecular flexibility index (Phi) is 6.81. The third-order valence-corrected chi connectivity index (χ3v) is 5.14. The Balaban J connectivity index is 2.10. The summed E-state index contributed by atoms with van der Waals surface area (Å²) >= 11 is 0. The molecular formula is C24H29N7O2. The third-order valence-electron chi connectivity index (χ3n) is 5.14. The van der Waals surface area contributed by atoms with Crippen LogP contribution in [0, 0.1) is 13.8 Å². The molecule has 0 aromatic carbocycles. The van der Waals surface area contributed by atoms with Crippen LogP contribution < -0.4 is 22.3 Å². The summed E-state index contributed by atoms with van der Waals surface area (Å²) in [4.78, 5) is 33.1. The molecule has 6 N–H and O–H groups in total. The lowest BCUT2D eigenvalue weighted by molar-refractivity contribution is 0.0952. The van der Waals surface area contributed by atoms with E-state index >= 15 is 0 Å². The zero-order valence-electron chi connectivity index (χ0n) is 19.3. The first-order chi connectivity index (χ1) is 15.6. The molecule has 0 spiro atoms. The Morgan fingerprint density at radius 1 is 1.30 bits per heavy atom. The van der Waals surface area contributed by atoms with Gasteiger partial charge < -0.3 is 21.8 Å². The summed E-state index contributed by atoms with van der Waals surface area (Å²) in [6.45, 7) is 11.4. The number of hydrogen-bond acceptors (Lipinski definition) is 6. The Labute approximate surface area is 191 Å². The largest absolute Gasteiger partial charge is 0.386 e. The molecule has 3 aromatic heterocycles. The van der Waals surface area contributed by atoms with Crippen molar-refractivity contribution in [2.24, 2.45) is 11.5 Å². The number of allylic oxidation sites excluding steroid dienone is 4. The number of carbonyl (C=O) groups excluding carboxylic acids is 1.